The van der Waals surface area contributed by atoms with E-state index in [1.54, 1.807) is 12.1 Å². The SMILES string of the molecule is O=C(Nc1cccc(OC2CCCC2)c1)c1cc(S(=O)(=O)N2CCOCC2)c[nH]1. The van der Waals surface area contributed by atoms with Gasteiger partial charge >= 0.3 is 0 Å². The molecule has 2 N–H and O–H groups in total. The van der Waals surface area contributed by atoms with Crippen LogP contribution in [0, 0.1) is 0 Å². The second-order valence-corrected chi connectivity index (χ2v) is 9.21. The third kappa shape index (κ3) is 4.63. The molecule has 29 heavy (non-hydrogen) atoms. The molecule has 4 rings (SSSR count). The van der Waals surface area contributed by atoms with Crippen LogP contribution in [0.1, 0.15) is 36.2 Å². The van der Waals surface area contributed by atoms with Crippen molar-refractivity contribution in [3.8, 4) is 5.75 Å². The quantitative estimate of drug-likeness (QED) is 0.750. The van der Waals surface area contributed by atoms with E-state index in [-0.39, 0.29) is 16.7 Å². The number of aromatic amines is 1. The molecule has 8 nitrogen and oxygen atoms in total. The number of nitrogens with zero attached hydrogens (tertiary/aromatic N) is 1. The van der Waals surface area contributed by atoms with Crippen molar-refractivity contribution in [2.24, 2.45) is 0 Å². The van der Waals surface area contributed by atoms with E-state index < -0.39 is 15.9 Å². The predicted octanol–water partition coefficient (Wildman–Crippen LogP) is 2.61. The molecule has 2 fully saturated rings. The molecule has 1 aromatic carbocycles. The van der Waals surface area contributed by atoms with E-state index in [1.165, 1.54) is 29.4 Å². The van der Waals surface area contributed by atoms with Gasteiger partial charge in [-0.3, -0.25) is 4.79 Å². The summed E-state index contributed by atoms with van der Waals surface area (Å²) in [6.45, 7) is 1.36. The van der Waals surface area contributed by atoms with Gasteiger partial charge in [0.2, 0.25) is 10.0 Å². The van der Waals surface area contributed by atoms with Crippen LogP contribution < -0.4 is 10.1 Å². The average molecular weight is 420 g/mol. The van der Waals surface area contributed by atoms with Crippen LogP contribution in [-0.2, 0) is 14.8 Å². The van der Waals surface area contributed by atoms with Gasteiger partial charge in [0.15, 0.2) is 0 Å². The minimum absolute atomic E-state index is 0.0721. The molecule has 156 valence electrons. The molecule has 9 heteroatoms. The van der Waals surface area contributed by atoms with E-state index in [0.717, 1.165) is 18.6 Å². The van der Waals surface area contributed by atoms with Crippen molar-refractivity contribution in [1.29, 1.82) is 0 Å². The second-order valence-electron chi connectivity index (χ2n) is 7.27. The largest absolute Gasteiger partial charge is 0.490 e. The van der Waals surface area contributed by atoms with Crippen molar-refractivity contribution < 1.29 is 22.7 Å². The predicted molar refractivity (Wildman–Crippen MR) is 108 cm³/mol. The van der Waals surface area contributed by atoms with Crippen molar-refractivity contribution in [3.63, 3.8) is 0 Å². The number of hydrogen-bond donors (Lipinski definition) is 2. The van der Waals surface area contributed by atoms with E-state index in [9.17, 15) is 13.2 Å². The standard InChI is InChI=1S/C20H25N3O5S/c24-20(22-15-4-3-7-17(12-15)28-16-5-1-2-6-16)19-13-18(14-21-19)29(25,26)23-8-10-27-11-9-23/h3-4,7,12-14,16,21H,1-2,5-6,8-11H2,(H,22,24). The third-order valence-electron chi connectivity index (χ3n) is 5.21. The maximum absolute atomic E-state index is 12.7. The van der Waals surface area contributed by atoms with Gasteiger partial charge < -0.3 is 19.8 Å². The lowest BCUT2D eigenvalue weighted by Crippen LogP contribution is -2.40. The fourth-order valence-electron chi connectivity index (χ4n) is 3.63. The number of morpholine rings is 1. The number of benzene rings is 1. The zero-order valence-corrected chi connectivity index (χ0v) is 16.9. The minimum Gasteiger partial charge on any atom is -0.490 e. The molecular weight excluding hydrogens is 394 g/mol. The maximum Gasteiger partial charge on any atom is 0.272 e. The number of nitrogens with one attached hydrogen (secondary N) is 2. The molecule has 0 spiro atoms. The maximum atomic E-state index is 12.7. The smallest absolute Gasteiger partial charge is 0.272 e. The molecule has 0 bridgehead atoms. The molecule has 1 aromatic heterocycles. The fourth-order valence-corrected chi connectivity index (χ4v) is 5.04. The molecule has 1 amide bonds. The number of ether oxygens (including phenoxy) is 2. The van der Waals surface area contributed by atoms with Gasteiger partial charge in [-0.1, -0.05) is 6.07 Å². The fraction of sp³-hybridized carbons (Fsp3) is 0.450. The number of H-pyrrole nitrogens is 1. The highest BCUT2D eigenvalue weighted by Crippen LogP contribution is 2.26. The summed E-state index contributed by atoms with van der Waals surface area (Å²) in [6, 6.07) is 8.61. The van der Waals surface area contributed by atoms with Crippen molar-refractivity contribution >= 4 is 21.6 Å². The molecule has 0 atom stereocenters. The molecule has 2 aliphatic rings. The summed E-state index contributed by atoms with van der Waals surface area (Å²) in [5, 5.41) is 2.79. The van der Waals surface area contributed by atoms with Crippen LogP contribution in [0.3, 0.4) is 0 Å². The van der Waals surface area contributed by atoms with E-state index >= 15 is 0 Å². The van der Waals surface area contributed by atoms with Gasteiger partial charge in [-0.2, -0.15) is 4.31 Å². The number of carbonyl (C=O) groups excluding carboxylic acids is 1. The first-order valence-electron chi connectivity index (χ1n) is 9.87. The minimum atomic E-state index is -3.65. The van der Waals surface area contributed by atoms with Crippen molar-refractivity contribution in [1.82, 2.24) is 9.29 Å². The van der Waals surface area contributed by atoms with Gasteiger partial charge in [0, 0.05) is 31.0 Å². The summed E-state index contributed by atoms with van der Waals surface area (Å²) in [4.78, 5) is 15.4. The molecule has 2 heterocycles. The Morgan fingerprint density at radius 1 is 1.17 bits per heavy atom. The number of hydrogen-bond acceptors (Lipinski definition) is 5. The highest BCUT2D eigenvalue weighted by atomic mass is 32.2. The Morgan fingerprint density at radius 3 is 2.69 bits per heavy atom. The van der Waals surface area contributed by atoms with Crippen LogP contribution in [0.5, 0.6) is 5.75 Å². The average Bonchev–Trinajstić information content (AvgIpc) is 3.41. The van der Waals surface area contributed by atoms with Crippen molar-refractivity contribution in [2.75, 3.05) is 31.6 Å². The lowest BCUT2D eigenvalue weighted by atomic mass is 10.2. The van der Waals surface area contributed by atoms with Crippen LogP contribution in [0.25, 0.3) is 0 Å². The number of aromatic nitrogens is 1. The summed E-state index contributed by atoms with van der Waals surface area (Å²) in [5.74, 6) is 0.309. The number of sulfonamides is 1. The Labute approximate surface area is 170 Å². The lowest BCUT2D eigenvalue weighted by Gasteiger charge is -2.25. The molecule has 0 radical (unpaired) electrons. The first-order chi connectivity index (χ1) is 14.0. The Bertz CT molecular complexity index is 960. The Hall–Kier alpha value is -2.36. The highest BCUT2D eigenvalue weighted by molar-refractivity contribution is 7.89. The van der Waals surface area contributed by atoms with Crippen molar-refractivity contribution in [2.45, 2.75) is 36.7 Å². The monoisotopic (exact) mass is 419 g/mol. The van der Waals surface area contributed by atoms with Crippen molar-refractivity contribution in [3.05, 3.63) is 42.2 Å². The lowest BCUT2D eigenvalue weighted by molar-refractivity contribution is 0.0730. The summed E-state index contributed by atoms with van der Waals surface area (Å²) in [6.07, 6.45) is 6.06. The molecule has 1 saturated heterocycles. The topological polar surface area (TPSA) is 101 Å². The third-order valence-corrected chi connectivity index (χ3v) is 7.08. The van der Waals surface area contributed by atoms with Crippen LogP contribution in [-0.4, -0.2) is 56.0 Å². The summed E-state index contributed by atoms with van der Waals surface area (Å²) in [5.41, 5.74) is 0.775. The van der Waals surface area contributed by atoms with E-state index in [1.807, 2.05) is 12.1 Å². The zero-order valence-electron chi connectivity index (χ0n) is 16.1. The highest BCUT2D eigenvalue weighted by Gasteiger charge is 2.28. The Morgan fingerprint density at radius 2 is 1.93 bits per heavy atom. The van der Waals surface area contributed by atoms with Gasteiger partial charge in [0.25, 0.3) is 5.91 Å². The van der Waals surface area contributed by atoms with Gasteiger partial charge in [-0.15, -0.1) is 0 Å². The van der Waals surface area contributed by atoms with E-state index in [0.29, 0.717) is 32.0 Å². The van der Waals surface area contributed by atoms with Gasteiger partial charge in [-0.25, -0.2) is 8.42 Å². The Kier molecular flexibility index (Phi) is 5.89. The van der Waals surface area contributed by atoms with Crippen LogP contribution in [0.15, 0.2) is 41.4 Å². The number of amides is 1. The first-order valence-corrected chi connectivity index (χ1v) is 11.3. The molecule has 1 aliphatic heterocycles. The molecule has 0 unspecified atom stereocenters. The summed E-state index contributed by atoms with van der Waals surface area (Å²) in [7, 11) is -3.65. The first kappa shape index (κ1) is 19.9. The summed E-state index contributed by atoms with van der Waals surface area (Å²) < 4.78 is 37.9. The van der Waals surface area contributed by atoms with Crippen LogP contribution in [0.4, 0.5) is 5.69 Å². The molecule has 1 aliphatic carbocycles. The van der Waals surface area contributed by atoms with Gasteiger partial charge in [-0.05, 0) is 43.9 Å². The van der Waals surface area contributed by atoms with E-state index in [4.69, 9.17) is 9.47 Å². The Balaban J connectivity index is 1.43. The van der Waals surface area contributed by atoms with Gasteiger partial charge in [0.1, 0.15) is 16.3 Å². The zero-order chi connectivity index (χ0) is 20.3. The second kappa shape index (κ2) is 8.56. The number of anilines is 1. The van der Waals surface area contributed by atoms with Gasteiger partial charge in [0.05, 0.1) is 19.3 Å². The normalized spacial score (nSPS) is 18.6. The summed E-state index contributed by atoms with van der Waals surface area (Å²) >= 11 is 0. The molecule has 2 aromatic rings. The molecular formula is C20H25N3O5S. The van der Waals surface area contributed by atoms with Crippen LogP contribution >= 0.6 is 0 Å². The van der Waals surface area contributed by atoms with E-state index in [2.05, 4.69) is 10.3 Å². The van der Waals surface area contributed by atoms with Crippen LogP contribution in [0.2, 0.25) is 0 Å². The number of carbonyl (C=O) groups is 1. The molecule has 1 saturated carbocycles. The number of rotatable bonds is 6.